The molecule has 0 rings (SSSR count). The molecule has 12 heavy (non-hydrogen) atoms. The molecule has 72 valence electrons. The Morgan fingerprint density at radius 3 is 2.33 bits per heavy atom. The first-order valence-electron chi connectivity index (χ1n) is 3.56. The molecule has 0 aromatic rings. The van der Waals surface area contributed by atoms with Crippen molar-refractivity contribution < 1.29 is 18.6 Å². The first-order chi connectivity index (χ1) is 5.74. The molecule has 5 nitrogen and oxygen atoms in total. The fourth-order valence-corrected chi connectivity index (χ4v) is 1.14. The predicted octanol–water partition coefficient (Wildman–Crippen LogP) is 0.895. The Hall–Kier alpha value is -0.0600. The fourth-order valence-electron chi connectivity index (χ4n) is 0.783. The first kappa shape index (κ1) is 11.9. The van der Waals surface area contributed by atoms with Gasteiger partial charge in [-0.05, 0) is 13.0 Å². The Balaban J connectivity index is 4.03. The molecule has 0 unspecified atom stereocenters. The summed E-state index contributed by atoms with van der Waals surface area (Å²) in [4.78, 5) is 0. The first-order valence-corrected chi connectivity index (χ1v) is 4.29. The van der Waals surface area contributed by atoms with Crippen LogP contribution in [0.15, 0.2) is 0 Å². The third-order valence-corrected chi connectivity index (χ3v) is 1.84. The maximum absolute atomic E-state index is 10.2. The molecular weight excluding hydrogens is 181 g/mol. The van der Waals surface area contributed by atoms with E-state index in [1.165, 1.54) is 14.2 Å². The second-order valence-electron chi connectivity index (χ2n) is 2.15. The zero-order chi connectivity index (χ0) is 9.45. The van der Waals surface area contributed by atoms with Crippen LogP contribution in [0.1, 0.15) is 12.8 Å². The van der Waals surface area contributed by atoms with Crippen LogP contribution in [0.2, 0.25) is 0 Å². The molecule has 2 N–H and O–H groups in total. The van der Waals surface area contributed by atoms with Crippen molar-refractivity contribution in [1.82, 2.24) is 0 Å². The summed E-state index contributed by atoms with van der Waals surface area (Å²) in [6.07, 6.45) is 1.13. The molecule has 0 aliphatic heterocycles. The van der Waals surface area contributed by atoms with Crippen LogP contribution in [0.4, 0.5) is 0 Å². The average molecular weight is 195 g/mol. The second-order valence-corrected chi connectivity index (χ2v) is 2.48. The van der Waals surface area contributed by atoms with Gasteiger partial charge in [0.15, 0.2) is 0 Å². The Kier molecular flexibility index (Phi) is 6.42. The number of methoxy groups -OCH3 is 2. The van der Waals surface area contributed by atoms with Gasteiger partial charge in [-0.25, -0.2) is 9.09 Å². The normalized spacial score (nSPS) is 12.2. The molecule has 0 spiro atoms. The van der Waals surface area contributed by atoms with E-state index in [1.54, 1.807) is 0 Å². The van der Waals surface area contributed by atoms with E-state index in [2.05, 4.69) is 0 Å². The minimum Gasteiger partial charge on any atom is -0.330 e. The molecule has 0 bridgehead atoms. The Bertz CT molecular complexity index is 129. The van der Waals surface area contributed by atoms with Crippen molar-refractivity contribution in [3.63, 3.8) is 0 Å². The molecule has 0 saturated carbocycles. The van der Waals surface area contributed by atoms with Crippen LogP contribution in [0.25, 0.3) is 0 Å². The highest BCUT2D eigenvalue weighted by atomic mass is 31.1. The Morgan fingerprint density at radius 1 is 1.42 bits per heavy atom. The average Bonchev–Trinajstić information content (AvgIpc) is 2.13. The number of hydrogen-bond donors (Lipinski definition) is 1. The highest BCUT2D eigenvalue weighted by molar-refractivity contribution is 7.17. The van der Waals surface area contributed by atoms with E-state index in [1.807, 2.05) is 0 Å². The van der Waals surface area contributed by atoms with Gasteiger partial charge in [-0.2, -0.15) is 0 Å². The van der Waals surface area contributed by atoms with Crippen LogP contribution >= 0.6 is 8.69 Å². The van der Waals surface area contributed by atoms with Gasteiger partial charge in [0.1, 0.15) is 0 Å². The molecule has 0 amide bonds. The molecule has 0 aromatic heterocycles. The highest BCUT2D eigenvalue weighted by Crippen LogP contribution is 2.24. The summed E-state index contributed by atoms with van der Waals surface area (Å²) in [7, 11) is 2.37. The topological polar surface area (TPSA) is 70.8 Å². The molecule has 0 atom stereocenters. The SMILES string of the molecule is COC(CCCN)(OC)OP=O. The van der Waals surface area contributed by atoms with E-state index in [4.69, 9.17) is 19.7 Å². The van der Waals surface area contributed by atoms with Gasteiger partial charge in [-0.15, -0.1) is 0 Å². The molecule has 0 aliphatic rings. The lowest BCUT2D eigenvalue weighted by Crippen LogP contribution is -2.34. The number of rotatable bonds is 7. The molecule has 0 radical (unpaired) electrons. The number of hydrogen-bond acceptors (Lipinski definition) is 5. The van der Waals surface area contributed by atoms with Gasteiger partial charge in [0.05, 0.1) is 0 Å². The summed E-state index contributed by atoms with van der Waals surface area (Å²) >= 11 is 0. The van der Waals surface area contributed by atoms with Gasteiger partial charge in [-0.3, -0.25) is 0 Å². The zero-order valence-electron chi connectivity index (χ0n) is 7.28. The van der Waals surface area contributed by atoms with Crippen molar-refractivity contribution >= 4 is 8.69 Å². The molecule has 6 heteroatoms. The van der Waals surface area contributed by atoms with Crippen LogP contribution in [0.3, 0.4) is 0 Å². The fraction of sp³-hybridized carbons (Fsp3) is 1.00. The van der Waals surface area contributed by atoms with E-state index >= 15 is 0 Å². The third-order valence-electron chi connectivity index (χ3n) is 1.49. The van der Waals surface area contributed by atoms with Crippen molar-refractivity contribution in [2.24, 2.45) is 5.73 Å². The molecule has 0 heterocycles. The molecular formula is C6H14NO4P. The van der Waals surface area contributed by atoms with Crippen LogP contribution in [0, 0.1) is 0 Å². The number of ether oxygens (including phenoxy) is 2. The zero-order valence-corrected chi connectivity index (χ0v) is 8.17. The standard InChI is InChI=1S/C6H14NO4P/c1-9-6(10-2,11-12-8)4-3-5-7/h3-5,7H2,1-2H3. The number of nitrogens with two attached hydrogens (primary N) is 1. The summed E-state index contributed by atoms with van der Waals surface area (Å²) < 4.78 is 24.8. The summed E-state index contributed by atoms with van der Waals surface area (Å²) in [5.41, 5.74) is 5.29. The third kappa shape index (κ3) is 3.56. The minimum absolute atomic E-state index is 0.450. The molecule has 0 fully saturated rings. The van der Waals surface area contributed by atoms with E-state index < -0.39 is 14.7 Å². The lowest BCUT2D eigenvalue weighted by molar-refractivity contribution is -0.322. The lowest BCUT2D eigenvalue weighted by Gasteiger charge is -2.26. The van der Waals surface area contributed by atoms with Crippen molar-refractivity contribution in [2.45, 2.75) is 18.8 Å². The summed E-state index contributed by atoms with van der Waals surface area (Å²) in [5, 5.41) is 0. The quantitative estimate of drug-likeness (QED) is 0.482. The highest BCUT2D eigenvalue weighted by Gasteiger charge is 2.30. The van der Waals surface area contributed by atoms with E-state index in [-0.39, 0.29) is 0 Å². The lowest BCUT2D eigenvalue weighted by atomic mass is 10.3. The van der Waals surface area contributed by atoms with Gasteiger partial charge in [0.2, 0.25) is 0 Å². The minimum atomic E-state index is -1.22. The monoisotopic (exact) mass is 195 g/mol. The summed E-state index contributed by atoms with van der Waals surface area (Å²) in [6, 6.07) is 0. The predicted molar refractivity (Wildman–Crippen MR) is 43.7 cm³/mol. The maximum atomic E-state index is 10.2. The summed E-state index contributed by atoms with van der Waals surface area (Å²) in [6.45, 7) is 0.508. The van der Waals surface area contributed by atoms with E-state index in [9.17, 15) is 4.57 Å². The smallest absolute Gasteiger partial charge is 0.330 e. The van der Waals surface area contributed by atoms with Crippen LogP contribution in [-0.4, -0.2) is 26.7 Å². The van der Waals surface area contributed by atoms with Gasteiger partial charge in [0, 0.05) is 20.6 Å². The van der Waals surface area contributed by atoms with E-state index in [0.717, 1.165) is 0 Å². The van der Waals surface area contributed by atoms with Gasteiger partial charge >= 0.3 is 8.69 Å². The van der Waals surface area contributed by atoms with Crippen molar-refractivity contribution in [1.29, 1.82) is 0 Å². The van der Waals surface area contributed by atoms with Crippen molar-refractivity contribution in [2.75, 3.05) is 20.8 Å². The van der Waals surface area contributed by atoms with Crippen LogP contribution < -0.4 is 5.73 Å². The van der Waals surface area contributed by atoms with Gasteiger partial charge in [-0.1, -0.05) is 0 Å². The second kappa shape index (κ2) is 6.46. The largest absolute Gasteiger partial charge is 0.332 e. The molecule has 0 saturated heterocycles. The van der Waals surface area contributed by atoms with Gasteiger partial charge < -0.3 is 15.2 Å². The Labute approximate surface area is 73.5 Å². The molecule has 0 aromatic carbocycles. The summed E-state index contributed by atoms with van der Waals surface area (Å²) in [5.74, 6) is -1.22. The van der Waals surface area contributed by atoms with E-state index in [0.29, 0.717) is 19.4 Å². The van der Waals surface area contributed by atoms with Crippen LogP contribution in [-0.2, 0) is 18.6 Å². The Morgan fingerprint density at radius 2 is 2.00 bits per heavy atom. The van der Waals surface area contributed by atoms with Crippen LogP contribution in [0.5, 0.6) is 0 Å². The van der Waals surface area contributed by atoms with Gasteiger partial charge in [0.25, 0.3) is 5.97 Å². The molecule has 0 aliphatic carbocycles. The van der Waals surface area contributed by atoms with Crippen molar-refractivity contribution in [3.05, 3.63) is 0 Å². The van der Waals surface area contributed by atoms with Crippen molar-refractivity contribution in [3.8, 4) is 0 Å². The maximum Gasteiger partial charge on any atom is 0.332 e.